The van der Waals surface area contributed by atoms with Crippen LogP contribution in [0.3, 0.4) is 0 Å². The van der Waals surface area contributed by atoms with Crippen molar-refractivity contribution >= 4 is 23.3 Å². The van der Waals surface area contributed by atoms with Crippen LogP contribution in [-0.2, 0) is 22.6 Å². The van der Waals surface area contributed by atoms with Crippen LogP contribution in [-0.4, -0.2) is 55.1 Å². The maximum absolute atomic E-state index is 13.0. The summed E-state index contributed by atoms with van der Waals surface area (Å²) in [6, 6.07) is 13.6. The van der Waals surface area contributed by atoms with Crippen molar-refractivity contribution in [1.82, 2.24) is 15.1 Å². The summed E-state index contributed by atoms with van der Waals surface area (Å²) in [5, 5.41) is 4.76. The Kier molecular flexibility index (Phi) is 8.80. The zero-order valence-corrected chi connectivity index (χ0v) is 16.7. The molecular weight excluding hydrogens is 362 g/mol. The van der Waals surface area contributed by atoms with Crippen LogP contribution in [0.1, 0.15) is 17.4 Å². The maximum Gasteiger partial charge on any atom is 0.317 e. The smallest absolute Gasteiger partial charge is 0.317 e. The summed E-state index contributed by atoms with van der Waals surface area (Å²) in [6.45, 7) is 4.17. The Morgan fingerprint density at radius 3 is 2.48 bits per heavy atom. The van der Waals surface area contributed by atoms with Crippen LogP contribution in [0.5, 0.6) is 0 Å². The van der Waals surface area contributed by atoms with Gasteiger partial charge in [0, 0.05) is 31.6 Å². The van der Waals surface area contributed by atoms with Gasteiger partial charge in [0.25, 0.3) is 0 Å². The summed E-state index contributed by atoms with van der Waals surface area (Å²) in [6.07, 6.45) is 0. The first-order valence-electron chi connectivity index (χ1n) is 8.99. The number of nitrogens with zero attached hydrogens (tertiary/aromatic N) is 2. The Morgan fingerprint density at radius 1 is 1.07 bits per heavy atom. The number of thiophene rings is 1. The number of urea groups is 1. The van der Waals surface area contributed by atoms with E-state index in [9.17, 15) is 9.59 Å². The van der Waals surface area contributed by atoms with Gasteiger partial charge in [-0.05, 0) is 23.9 Å². The van der Waals surface area contributed by atoms with E-state index >= 15 is 0 Å². The minimum absolute atomic E-state index is 0.0212. The Balaban J connectivity index is 2.11. The Hall–Kier alpha value is -2.38. The van der Waals surface area contributed by atoms with Gasteiger partial charge in [0.1, 0.15) is 6.54 Å². The zero-order valence-electron chi connectivity index (χ0n) is 15.9. The molecule has 146 valence electrons. The number of nitrogens with one attached hydrogen (secondary N) is 1. The molecule has 2 rings (SSSR count). The lowest BCUT2D eigenvalue weighted by molar-refractivity contribution is -0.133. The number of hydrogen-bond donors (Lipinski definition) is 1. The van der Waals surface area contributed by atoms with Crippen LogP contribution in [0.4, 0.5) is 4.79 Å². The standard InChI is InChI=1S/C20H27N3O3S/c1-3-21-20(25)22(11-12-26-2)16-19(24)23(15-18-10-7-13-27-18)14-17-8-5-4-6-9-17/h4-10,13H,3,11-12,14-16H2,1-2H3,(H,21,25). The topological polar surface area (TPSA) is 61.9 Å². The van der Waals surface area contributed by atoms with Gasteiger partial charge in [-0.15, -0.1) is 11.3 Å². The highest BCUT2D eigenvalue weighted by Crippen LogP contribution is 2.15. The van der Waals surface area contributed by atoms with Crippen molar-refractivity contribution in [1.29, 1.82) is 0 Å². The third kappa shape index (κ3) is 7.03. The highest BCUT2D eigenvalue weighted by atomic mass is 32.1. The quantitative estimate of drug-likeness (QED) is 0.680. The lowest BCUT2D eigenvalue weighted by atomic mass is 10.2. The average Bonchev–Trinajstić information content (AvgIpc) is 3.18. The molecule has 0 aliphatic rings. The number of carbonyl (C=O) groups excluding carboxylic acids is 2. The van der Waals surface area contributed by atoms with Crippen molar-refractivity contribution in [3.63, 3.8) is 0 Å². The highest BCUT2D eigenvalue weighted by Gasteiger charge is 2.21. The van der Waals surface area contributed by atoms with Gasteiger partial charge in [-0.1, -0.05) is 36.4 Å². The second kappa shape index (κ2) is 11.4. The fourth-order valence-corrected chi connectivity index (χ4v) is 3.33. The molecule has 27 heavy (non-hydrogen) atoms. The van der Waals surface area contributed by atoms with Crippen LogP contribution in [0.25, 0.3) is 0 Å². The molecule has 0 fully saturated rings. The van der Waals surface area contributed by atoms with Crippen LogP contribution in [0.2, 0.25) is 0 Å². The van der Waals surface area contributed by atoms with E-state index in [4.69, 9.17) is 4.74 Å². The van der Waals surface area contributed by atoms with E-state index in [2.05, 4.69) is 5.32 Å². The highest BCUT2D eigenvalue weighted by molar-refractivity contribution is 7.09. The first-order valence-corrected chi connectivity index (χ1v) is 9.87. The first-order chi connectivity index (χ1) is 13.1. The molecule has 0 saturated heterocycles. The number of rotatable bonds is 10. The predicted molar refractivity (Wildman–Crippen MR) is 108 cm³/mol. The normalized spacial score (nSPS) is 10.4. The third-order valence-corrected chi connectivity index (χ3v) is 4.86. The molecule has 0 atom stereocenters. The van der Waals surface area contributed by atoms with Gasteiger partial charge in [0.2, 0.25) is 5.91 Å². The second-order valence-corrected chi connectivity index (χ2v) is 7.10. The summed E-state index contributed by atoms with van der Waals surface area (Å²) in [5.41, 5.74) is 1.06. The minimum atomic E-state index is -0.251. The van der Waals surface area contributed by atoms with E-state index in [1.807, 2.05) is 54.8 Å². The Labute approximate surface area is 164 Å². The molecule has 0 bridgehead atoms. The monoisotopic (exact) mass is 389 g/mol. The molecule has 0 aliphatic carbocycles. The van der Waals surface area contributed by atoms with Gasteiger partial charge < -0.3 is 19.9 Å². The second-order valence-electron chi connectivity index (χ2n) is 6.06. The van der Waals surface area contributed by atoms with E-state index < -0.39 is 0 Å². The molecular formula is C20H27N3O3S. The van der Waals surface area contributed by atoms with Crippen LogP contribution >= 0.6 is 11.3 Å². The van der Waals surface area contributed by atoms with Crippen molar-refractivity contribution in [2.75, 3.05) is 33.4 Å². The molecule has 3 amide bonds. The predicted octanol–water partition coefficient (Wildman–Crippen LogP) is 2.95. The SMILES string of the molecule is CCNC(=O)N(CCOC)CC(=O)N(Cc1ccccc1)Cc1cccs1. The number of hydrogen-bond acceptors (Lipinski definition) is 4. The largest absolute Gasteiger partial charge is 0.383 e. The van der Waals surface area contributed by atoms with Crippen molar-refractivity contribution in [3.05, 3.63) is 58.3 Å². The molecule has 6 nitrogen and oxygen atoms in total. The fraction of sp³-hybridized carbons (Fsp3) is 0.400. The van der Waals surface area contributed by atoms with Crippen molar-refractivity contribution in [3.8, 4) is 0 Å². The van der Waals surface area contributed by atoms with Crippen molar-refractivity contribution in [2.45, 2.75) is 20.0 Å². The summed E-state index contributed by atoms with van der Waals surface area (Å²) < 4.78 is 5.08. The summed E-state index contributed by atoms with van der Waals surface area (Å²) in [4.78, 5) is 29.7. The molecule has 7 heteroatoms. The number of carbonyl (C=O) groups is 2. The van der Waals surface area contributed by atoms with Crippen LogP contribution in [0.15, 0.2) is 47.8 Å². The van der Waals surface area contributed by atoms with Crippen molar-refractivity contribution in [2.24, 2.45) is 0 Å². The van der Waals surface area contributed by atoms with E-state index in [-0.39, 0.29) is 18.5 Å². The van der Waals surface area contributed by atoms with Gasteiger partial charge >= 0.3 is 6.03 Å². The number of methoxy groups -OCH3 is 1. The molecule has 1 aromatic heterocycles. The van der Waals surface area contributed by atoms with Crippen LogP contribution in [0, 0.1) is 0 Å². The Bertz CT molecular complexity index is 692. The molecule has 0 aliphatic heterocycles. The molecule has 0 spiro atoms. The van der Waals surface area contributed by atoms with Crippen molar-refractivity contribution < 1.29 is 14.3 Å². The fourth-order valence-electron chi connectivity index (χ4n) is 2.61. The molecule has 2 aromatic rings. The molecule has 1 heterocycles. The molecule has 1 N–H and O–H groups in total. The third-order valence-electron chi connectivity index (χ3n) is 4.00. The first kappa shape index (κ1) is 20.9. The van der Waals surface area contributed by atoms with E-state index in [1.54, 1.807) is 23.3 Å². The molecule has 0 radical (unpaired) electrons. The maximum atomic E-state index is 13.0. The average molecular weight is 390 g/mol. The lowest BCUT2D eigenvalue weighted by Gasteiger charge is -2.27. The number of ether oxygens (including phenoxy) is 1. The Morgan fingerprint density at radius 2 is 1.85 bits per heavy atom. The zero-order chi connectivity index (χ0) is 19.5. The summed E-state index contributed by atoms with van der Waals surface area (Å²) in [7, 11) is 1.58. The lowest BCUT2D eigenvalue weighted by Crippen LogP contribution is -2.47. The summed E-state index contributed by atoms with van der Waals surface area (Å²) >= 11 is 1.62. The van der Waals surface area contributed by atoms with Crippen LogP contribution < -0.4 is 5.32 Å². The summed E-state index contributed by atoms with van der Waals surface area (Å²) in [5.74, 6) is -0.0883. The minimum Gasteiger partial charge on any atom is -0.383 e. The molecule has 0 saturated carbocycles. The van der Waals surface area contributed by atoms with Gasteiger partial charge in [-0.3, -0.25) is 4.79 Å². The van der Waals surface area contributed by atoms with Gasteiger partial charge in [0.15, 0.2) is 0 Å². The van der Waals surface area contributed by atoms with Gasteiger partial charge in [-0.25, -0.2) is 4.79 Å². The van der Waals surface area contributed by atoms with E-state index in [1.165, 1.54) is 4.90 Å². The van der Waals surface area contributed by atoms with Gasteiger partial charge in [0.05, 0.1) is 13.2 Å². The number of amides is 3. The molecule has 0 unspecified atom stereocenters. The molecule has 1 aromatic carbocycles. The number of benzene rings is 1. The van der Waals surface area contributed by atoms with E-state index in [0.717, 1.165) is 10.4 Å². The van der Waals surface area contributed by atoms with Gasteiger partial charge in [-0.2, -0.15) is 0 Å². The van der Waals surface area contributed by atoms with E-state index in [0.29, 0.717) is 32.8 Å².